The first kappa shape index (κ1) is 20.8. The summed E-state index contributed by atoms with van der Waals surface area (Å²) in [4.78, 5) is 39.4. The number of carbonyl (C=O) groups is 2. The summed E-state index contributed by atoms with van der Waals surface area (Å²) in [6, 6.07) is 5.29. The molecule has 8 nitrogen and oxygen atoms in total. The molecule has 0 spiro atoms. The summed E-state index contributed by atoms with van der Waals surface area (Å²) in [6.07, 6.45) is 4.24. The topological polar surface area (TPSA) is 88.4 Å². The highest BCUT2D eigenvalue weighted by molar-refractivity contribution is 6.00. The fourth-order valence-corrected chi connectivity index (χ4v) is 4.90. The van der Waals surface area contributed by atoms with Crippen LogP contribution < -0.4 is 16.3 Å². The molecular formula is C22H31N5O3. The van der Waals surface area contributed by atoms with Gasteiger partial charge in [-0.05, 0) is 69.9 Å². The van der Waals surface area contributed by atoms with E-state index in [1.165, 1.54) is 19.3 Å². The number of aryl methyl sites for hydroxylation is 1. The van der Waals surface area contributed by atoms with E-state index in [0.29, 0.717) is 6.42 Å². The number of nitrogens with zero attached hydrogens (tertiary/aromatic N) is 3. The van der Waals surface area contributed by atoms with Crippen LogP contribution in [-0.4, -0.2) is 52.5 Å². The number of likely N-dealkylation sites (tertiary alicyclic amines) is 1. The van der Waals surface area contributed by atoms with Crippen LogP contribution in [0.25, 0.3) is 11.0 Å². The van der Waals surface area contributed by atoms with E-state index in [9.17, 15) is 14.4 Å². The van der Waals surface area contributed by atoms with Gasteiger partial charge < -0.3 is 5.32 Å². The van der Waals surface area contributed by atoms with Gasteiger partial charge in [0.15, 0.2) is 0 Å². The van der Waals surface area contributed by atoms with Crippen LogP contribution in [0.5, 0.6) is 0 Å². The van der Waals surface area contributed by atoms with Crippen molar-refractivity contribution in [2.45, 2.75) is 44.7 Å². The smallest absolute Gasteiger partial charge is 0.320 e. The van der Waals surface area contributed by atoms with Crippen molar-refractivity contribution in [2.75, 3.05) is 26.7 Å². The van der Waals surface area contributed by atoms with Crippen molar-refractivity contribution in [1.29, 1.82) is 0 Å². The fourth-order valence-electron chi connectivity index (χ4n) is 4.90. The molecule has 1 aromatic carbocycles. The summed E-state index contributed by atoms with van der Waals surface area (Å²) < 4.78 is 3.21. The third-order valence-corrected chi connectivity index (χ3v) is 6.61. The standard InChI is InChI=1S/C22H31N5O3/c1-23-11-8-15-9-12-26(13-10-15)14-16-4-3-5-17-20(16)25(2)22(30)27(17)18-6-7-19(28)24-21(18)29/h3-5,15,18,23H,6-14H2,1-2H3,(H,24,28,29). The minimum Gasteiger partial charge on any atom is -0.320 e. The molecule has 2 aromatic rings. The molecule has 2 saturated heterocycles. The molecule has 0 saturated carbocycles. The number of nitrogens with one attached hydrogen (secondary N) is 2. The molecule has 1 aromatic heterocycles. The number of hydrogen-bond donors (Lipinski definition) is 2. The van der Waals surface area contributed by atoms with Gasteiger partial charge in [-0.1, -0.05) is 12.1 Å². The molecule has 2 N–H and O–H groups in total. The molecule has 2 aliphatic heterocycles. The highest BCUT2D eigenvalue weighted by Gasteiger charge is 2.31. The molecule has 4 rings (SSSR count). The van der Waals surface area contributed by atoms with Crippen molar-refractivity contribution in [3.8, 4) is 0 Å². The lowest BCUT2D eigenvalue weighted by Gasteiger charge is -2.32. The number of aromatic nitrogens is 2. The van der Waals surface area contributed by atoms with Gasteiger partial charge in [-0.25, -0.2) is 4.79 Å². The summed E-state index contributed by atoms with van der Waals surface area (Å²) in [6.45, 7) is 3.99. The Hall–Kier alpha value is -2.45. The third-order valence-electron chi connectivity index (χ3n) is 6.61. The molecule has 2 amide bonds. The number of rotatable bonds is 6. The second-order valence-electron chi connectivity index (χ2n) is 8.58. The van der Waals surface area contributed by atoms with Gasteiger partial charge >= 0.3 is 5.69 Å². The summed E-state index contributed by atoms with van der Waals surface area (Å²) in [5, 5.41) is 5.61. The van der Waals surface area contributed by atoms with Gasteiger partial charge in [0.1, 0.15) is 6.04 Å². The maximum atomic E-state index is 13.0. The zero-order valence-electron chi connectivity index (χ0n) is 17.8. The van der Waals surface area contributed by atoms with E-state index in [4.69, 9.17) is 0 Å². The Bertz CT molecular complexity index is 1000. The van der Waals surface area contributed by atoms with E-state index in [1.807, 2.05) is 19.2 Å². The Balaban J connectivity index is 1.58. The van der Waals surface area contributed by atoms with E-state index >= 15 is 0 Å². The predicted octanol–water partition coefficient (Wildman–Crippen LogP) is 1.14. The lowest BCUT2D eigenvalue weighted by molar-refractivity contribution is -0.135. The molecular weight excluding hydrogens is 382 g/mol. The molecule has 0 bridgehead atoms. The number of carbonyl (C=O) groups excluding carboxylic acids is 2. The zero-order chi connectivity index (χ0) is 21.3. The Kier molecular flexibility index (Phi) is 6.06. The first-order chi connectivity index (χ1) is 14.5. The van der Waals surface area contributed by atoms with Crippen LogP contribution >= 0.6 is 0 Å². The van der Waals surface area contributed by atoms with E-state index in [1.54, 1.807) is 16.2 Å². The van der Waals surface area contributed by atoms with E-state index < -0.39 is 11.9 Å². The third kappa shape index (κ3) is 3.94. The highest BCUT2D eigenvalue weighted by atomic mass is 16.2. The number of fused-ring (bicyclic) bond motifs is 1. The largest absolute Gasteiger partial charge is 0.329 e. The summed E-state index contributed by atoms with van der Waals surface area (Å²) in [5.41, 5.74) is 2.53. The van der Waals surface area contributed by atoms with Crippen molar-refractivity contribution < 1.29 is 9.59 Å². The van der Waals surface area contributed by atoms with Crippen LogP contribution in [0.4, 0.5) is 0 Å². The SMILES string of the molecule is CNCCC1CCN(Cc2cccc3c2n(C)c(=O)n3C2CCC(=O)NC2=O)CC1. The Morgan fingerprint density at radius 1 is 1.13 bits per heavy atom. The Morgan fingerprint density at radius 3 is 2.60 bits per heavy atom. The van der Waals surface area contributed by atoms with Crippen LogP contribution in [0.15, 0.2) is 23.0 Å². The quantitative estimate of drug-likeness (QED) is 0.694. The Labute approximate surface area is 176 Å². The first-order valence-corrected chi connectivity index (χ1v) is 10.9. The minimum atomic E-state index is -0.642. The number of piperidine rings is 2. The van der Waals surface area contributed by atoms with Gasteiger partial charge in [0.05, 0.1) is 11.0 Å². The summed E-state index contributed by atoms with van der Waals surface area (Å²) >= 11 is 0. The summed E-state index contributed by atoms with van der Waals surface area (Å²) in [7, 11) is 3.77. The Morgan fingerprint density at radius 2 is 1.90 bits per heavy atom. The number of benzene rings is 1. The molecule has 1 unspecified atom stereocenters. The number of amides is 2. The van der Waals surface area contributed by atoms with Gasteiger partial charge in [-0.2, -0.15) is 0 Å². The lowest BCUT2D eigenvalue weighted by Crippen LogP contribution is -2.44. The maximum absolute atomic E-state index is 13.0. The maximum Gasteiger partial charge on any atom is 0.329 e. The normalized spacial score (nSPS) is 21.3. The van der Waals surface area contributed by atoms with Crippen molar-refractivity contribution >= 4 is 22.8 Å². The molecule has 0 aliphatic carbocycles. The first-order valence-electron chi connectivity index (χ1n) is 10.9. The summed E-state index contributed by atoms with van der Waals surface area (Å²) in [5.74, 6) is 0.112. The monoisotopic (exact) mass is 413 g/mol. The van der Waals surface area contributed by atoms with Gasteiger partial charge in [-0.3, -0.25) is 28.9 Å². The van der Waals surface area contributed by atoms with Crippen LogP contribution in [0, 0.1) is 5.92 Å². The molecule has 1 atom stereocenters. The molecule has 3 heterocycles. The average Bonchev–Trinajstić information content (AvgIpc) is 2.99. The number of hydrogen-bond acceptors (Lipinski definition) is 5. The zero-order valence-corrected chi connectivity index (χ0v) is 17.8. The molecule has 0 radical (unpaired) electrons. The fraction of sp³-hybridized carbons (Fsp3) is 0.591. The van der Waals surface area contributed by atoms with E-state index in [2.05, 4.69) is 21.6 Å². The van der Waals surface area contributed by atoms with Gasteiger partial charge in [0.2, 0.25) is 11.8 Å². The van der Waals surface area contributed by atoms with Crippen LogP contribution in [-0.2, 0) is 23.2 Å². The van der Waals surface area contributed by atoms with Crippen molar-refractivity contribution in [1.82, 2.24) is 24.7 Å². The van der Waals surface area contributed by atoms with Crippen molar-refractivity contribution in [2.24, 2.45) is 13.0 Å². The number of para-hydroxylation sites is 1. The van der Waals surface area contributed by atoms with Gasteiger partial charge in [0, 0.05) is 20.0 Å². The molecule has 2 aliphatic rings. The van der Waals surface area contributed by atoms with Crippen molar-refractivity contribution in [3.05, 3.63) is 34.2 Å². The second-order valence-corrected chi connectivity index (χ2v) is 8.58. The van der Waals surface area contributed by atoms with Crippen LogP contribution in [0.1, 0.15) is 43.7 Å². The predicted molar refractivity (Wildman–Crippen MR) is 115 cm³/mol. The van der Waals surface area contributed by atoms with E-state index in [-0.39, 0.29) is 18.0 Å². The minimum absolute atomic E-state index is 0.210. The molecule has 30 heavy (non-hydrogen) atoms. The lowest BCUT2D eigenvalue weighted by atomic mass is 9.93. The van der Waals surface area contributed by atoms with Crippen molar-refractivity contribution in [3.63, 3.8) is 0 Å². The molecule has 8 heteroatoms. The highest BCUT2D eigenvalue weighted by Crippen LogP contribution is 2.27. The number of imidazole rings is 1. The second kappa shape index (κ2) is 8.73. The van der Waals surface area contributed by atoms with Gasteiger partial charge in [0.25, 0.3) is 0 Å². The van der Waals surface area contributed by atoms with Crippen LogP contribution in [0.3, 0.4) is 0 Å². The van der Waals surface area contributed by atoms with E-state index in [0.717, 1.165) is 48.7 Å². The van der Waals surface area contributed by atoms with Gasteiger partial charge in [-0.15, -0.1) is 0 Å². The molecule has 2 fully saturated rings. The molecule has 162 valence electrons. The average molecular weight is 414 g/mol. The van der Waals surface area contributed by atoms with Crippen LogP contribution in [0.2, 0.25) is 0 Å². The number of imide groups is 1.